The van der Waals surface area contributed by atoms with Crippen LogP contribution in [0.2, 0.25) is 19.1 Å². The van der Waals surface area contributed by atoms with Gasteiger partial charge in [-0.2, -0.15) is 0 Å². The fourth-order valence-corrected chi connectivity index (χ4v) is 4.15. The lowest BCUT2D eigenvalue weighted by atomic mass is 10.1. The minimum Gasteiger partial charge on any atom is -0.392 e. The molecule has 0 aromatic carbocycles. The average molecular weight is 285 g/mol. The predicted octanol–water partition coefficient (Wildman–Crippen LogP) is 5.26. The van der Waals surface area contributed by atoms with Crippen molar-refractivity contribution in [1.29, 1.82) is 0 Å². The van der Waals surface area contributed by atoms with Gasteiger partial charge in [0.1, 0.15) is 6.29 Å². The van der Waals surface area contributed by atoms with Crippen molar-refractivity contribution in [2.45, 2.75) is 90.3 Å². The first-order valence-electron chi connectivity index (χ1n) is 8.02. The molecule has 1 heterocycles. The zero-order valence-corrected chi connectivity index (χ0v) is 14.3. The zero-order chi connectivity index (χ0) is 14.1. The normalized spacial score (nSPS) is 24.4. The largest absolute Gasteiger partial charge is 0.392 e. The third kappa shape index (κ3) is 7.90. The van der Waals surface area contributed by atoms with Crippen LogP contribution in [-0.4, -0.2) is 20.7 Å². The second-order valence-electron chi connectivity index (χ2n) is 6.36. The molecule has 2 nitrogen and oxygen atoms in total. The van der Waals surface area contributed by atoms with E-state index < -0.39 is 8.32 Å². The molecule has 1 fully saturated rings. The minimum atomic E-state index is -1.59. The molecule has 0 radical (unpaired) electrons. The summed E-state index contributed by atoms with van der Waals surface area (Å²) in [6.45, 7) is 8.98. The van der Waals surface area contributed by atoms with Crippen LogP contribution in [0.5, 0.6) is 0 Å². The van der Waals surface area contributed by atoms with Gasteiger partial charge in [-0.3, -0.25) is 0 Å². The summed E-state index contributed by atoms with van der Waals surface area (Å²) in [7, 11) is -1.59. The van der Waals surface area contributed by atoms with Crippen LogP contribution >= 0.6 is 0 Å². The highest BCUT2D eigenvalue weighted by Gasteiger charge is 2.30. The molecule has 1 saturated heterocycles. The summed E-state index contributed by atoms with van der Waals surface area (Å²) in [6.07, 6.45) is 13.9. The molecule has 0 spiro atoms. The Balaban J connectivity index is 2.13. The average Bonchev–Trinajstić information content (AvgIpc) is 2.72. The lowest BCUT2D eigenvalue weighted by molar-refractivity contribution is -0.0727. The van der Waals surface area contributed by atoms with Gasteiger partial charge in [0.05, 0.1) is 6.10 Å². The van der Waals surface area contributed by atoms with E-state index in [-0.39, 0.29) is 6.29 Å². The molecule has 2 unspecified atom stereocenters. The molecule has 0 aromatic heterocycles. The topological polar surface area (TPSA) is 18.5 Å². The fourth-order valence-electron chi connectivity index (χ4n) is 2.43. The van der Waals surface area contributed by atoms with Crippen LogP contribution in [0.1, 0.15) is 58.8 Å². The number of ether oxygens (including phenoxy) is 1. The second kappa shape index (κ2) is 8.93. The fraction of sp³-hybridized carbons (Fsp3) is 0.875. The van der Waals surface area contributed by atoms with Crippen molar-refractivity contribution in [2.75, 3.05) is 0 Å². The van der Waals surface area contributed by atoms with E-state index in [2.05, 4.69) is 39.1 Å². The summed E-state index contributed by atoms with van der Waals surface area (Å²) in [5, 5.41) is 0. The van der Waals surface area contributed by atoms with Crippen molar-refractivity contribution in [1.82, 2.24) is 0 Å². The van der Waals surface area contributed by atoms with Gasteiger partial charge >= 0.3 is 0 Å². The maximum Gasteiger partial charge on any atom is 0.193 e. The Morgan fingerprint density at radius 3 is 2.58 bits per heavy atom. The van der Waals surface area contributed by atoms with Crippen LogP contribution in [0.25, 0.3) is 0 Å². The van der Waals surface area contributed by atoms with Gasteiger partial charge in [-0.25, -0.2) is 0 Å². The number of hydrogen-bond acceptors (Lipinski definition) is 2. The molecule has 0 bridgehead atoms. The maximum atomic E-state index is 6.18. The molecule has 3 heteroatoms. The Hall–Kier alpha value is -0.123. The summed E-state index contributed by atoms with van der Waals surface area (Å²) < 4.78 is 11.9. The van der Waals surface area contributed by atoms with E-state index >= 15 is 0 Å². The third-order valence-corrected chi connectivity index (χ3v) is 5.76. The highest BCUT2D eigenvalue weighted by Crippen LogP contribution is 2.25. The summed E-state index contributed by atoms with van der Waals surface area (Å²) in [5.41, 5.74) is 0. The van der Waals surface area contributed by atoms with Gasteiger partial charge in [0.2, 0.25) is 0 Å². The molecule has 19 heavy (non-hydrogen) atoms. The Morgan fingerprint density at radius 2 is 1.95 bits per heavy atom. The summed E-state index contributed by atoms with van der Waals surface area (Å²) in [6, 6.07) is 1.11. The third-order valence-electron chi connectivity index (χ3n) is 3.64. The Morgan fingerprint density at radius 1 is 1.16 bits per heavy atom. The lowest BCUT2D eigenvalue weighted by Crippen LogP contribution is -2.34. The molecular weight excluding hydrogens is 252 g/mol. The zero-order valence-electron chi connectivity index (χ0n) is 13.3. The number of rotatable bonds is 9. The SMILES string of the molecule is CCCCCC/C=C\C[Si](C)(C)OC1CCC(C)O1. The molecule has 112 valence electrons. The molecule has 1 aliphatic heterocycles. The highest BCUT2D eigenvalue weighted by molar-refractivity contribution is 6.71. The van der Waals surface area contributed by atoms with Crippen molar-refractivity contribution < 1.29 is 9.16 Å². The van der Waals surface area contributed by atoms with Crippen LogP contribution < -0.4 is 0 Å². The van der Waals surface area contributed by atoms with E-state index in [0.717, 1.165) is 18.9 Å². The predicted molar refractivity (Wildman–Crippen MR) is 84.8 cm³/mol. The monoisotopic (exact) mass is 284 g/mol. The molecule has 0 aromatic rings. The van der Waals surface area contributed by atoms with E-state index in [1.807, 2.05) is 0 Å². The molecule has 0 aliphatic carbocycles. The van der Waals surface area contributed by atoms with Gasteiger partial charge in [0.25, 0.3) is 0 Å². The van der Waals surface area contributed by atoms with Crippen LogP contribution in [0, 0.1) is 0 Å². The molecule has 0 N–H and O–H groups in total. The quantitative estimate of drug-likeness (QED) is 0.327. The molecule has 1 aliphatic rings. The molecule has 2 atom stereocenters. The van der Waals surface area contributed by atoms with Gasteiger partial charge < -0.3 is 9.16 Å². The van der Waals surface area contributed by atoms with Gasteiger partial charge in [0, 0.05) is 0 Å². The van der Waals surface area contributed by atoms with Crippen LogP contribution in [0.3, 0.4) is 0 Å². The summed E-state index contributed by atoms with van der Waals surface area (Å²) in [4.78, 5) is 0. The van der Waals surface area contributed by atoms with Gasteiger partial charge in [-0.05, 0) is 51.7 Å². The summed E-state index contributed by atoms with van der Waals surface area (Å²) in [5.74, 6) is 0. The van der Waals surface area contributed by atoms with E-state index in [4.69, 9.17) is 9.16 Å². The van der Waals surface area contributed by atoms with Crippen molar-refractivity contribution in [2.24, 2.45) is 0 Å². The minimum absolute atomic E-state index is 0.0645. The van der Waals surface area contributed by atoms with E-state index in [1.54, 1.807) is 0 Å². The maximum absolute atomic E-state index is 6.18. The van der Waals surface area contributed by atoms with Crippen molar-refractivity contribution >= 4 is 8.32 Å². The van der Waals surface area contributed by atoms with Gasteiger partial charge in [-0.1, -0.05) is 38.3 Å². The van der Waals surface area contributed by atoms with Crippen LogP contribution in [0.15, 0.2) is 12.2 Å². The Bertz CT molecular complexity index is 263. The van der Waals surface area contributed by atoms with Gasteiger partial charge in [-0.15, -0.1) is 0 Å². The number of allylic oxidation sites excluding steroid dienone is 2. The first kappa shape index (κ1) is 16.9. The number of hydrogen-bond donors (Lipinski definition) is 0. The molecule has 0 saturated carbocycles. The van der Waals surface area contributed by atoms with Crippen LogP contribution in [-0.2, 0) is 9.16 Å². The van der Waals surface area contributed by atoms with E-state index in [0.29, 0.717) is 6.10 Å². The smallest absolute Gasteiger partial charge is 0.193 e. The Labute approximate surface area is 120 Å². The van der Waals surface area contributed by atoms with Crippen molar-refractivity contribution in [3.05, 3.63) is 12.2 Å². The lowest BCUT2D eigenvalue weighted by Gasteiger charge is -2.25. The molecule has 0 amide bonds. The standard InChI is InChI=1S/C16H32O2Si/c1-5-6-7-8-9-10-11-14-19(3,4)18-16-13-12-15(2)17-16/h10-11,15-16H,5-9,12-14H2,1-4H3/b11-10-. The molecule has 1 rings (SSSR count). The summed E-state index contributed by atoms with van der Waals surface area (Å²) >= 11 is 0. The first-order chi connectivity index (χ1) is 9.03. The number of unbranched alkanes of at least 4 members (excludes halogenated alkanes) is 4. The van der Waals surface area contributed by atoms with E-state index in [9.17, 15) is 0 Å². The van der Waals surface area contributed by atoms with Crippen molar-refractivity contribution in [3.8, 4) is 0 Å². The first-order valence-corrected chi connectivity index (χ1v) is 11.1. The van der Waals surface area contributed by atoms with Crippen molar-refractivity contribution in [3.63, 3.8) is 0 Å². The Kier molecular flexibility index (Phi) is 7.96. The van der Waals surface area contributed by atoms with Crippen LogP contribution in [0.4, 0.5) is 0 Å². The molecular formula is C16H32O2Si. The van der Waals surface area contributed by atoms with Gasteiger partial charge in [0.15, 0.2) is 8.32 Å². The second-order valence-corrected chi connectivity index (χ2v) is 10.5. The highest BCUT2D eigenvalue weighted by atomic mass is 28.4. The van der Waals surface area contributed by atoms with E-state index in [1.165, 1.54) is 32.1 Å².